The molecule has 1 aliphatic rings. The molecule has 1 N–H and O–H groups in total. The van der Waals surface area contributed by atoms with Gasteiger partial charge in [0.25, 0.3) is 0 Å². The van der Waals surface area contributed by atoms with Crippen LogP contribution in [0.25, 0.3) is 0 Å². The lowest BCUT2D eigenvalue weighted by molar-refractivity contribution is 0.0696. The Morgan fingerprint density at radius 1 is 1.42 bits per heavy atom. The average Bonchev–Trinajstić information content (AvgIpc) is 2.79. The zero-order valence-corrected chi connectivity index (χ0v) is 11.3. The molecule has 7 heteroatoms. The van der Waals surface area contributed by atoms with Crippen LogP contribution in [0.1, 0.15) is 27.9 Å². The number of carbonyl (C=O) groups is 1. The first-order valence-corrected chi connectivity index (χ1v) is 7.47. The van der Waals surface area contributed by atoms with Crippen molar-refractivity contribution in [2.24, 2.45) is 5.16 Å². The number of aromatic carboxylic acids is 1. The monoisotopic (exact) mass is 283 g/mol. The second kappa shape index (κ2) is 4.65. The fourth-order valence-electron chi connectivity index (χ4n) is 2.07. The molecule has 0 fully saturated rings. The molecule has 0 aromatic heterocycles. The number of hydrogen-bond donors (Lipinski definition) is 1. The Balaban J connectivity index is 2.77. The van der Waals surface area contributed by atoms with Crippen LogP contribution in [-0.2, 0) is 14.7 Å². The second-order valence-corrected chi connectivity index (χ2v) is 6.29. The van der Waals surface area contributed by atoms with Crippen molar-refractivity contribution in [3.05, 3.63) is 28.8 Å². The number of rotatable bonds is 3. The van der Waals surface area contributed by atoms with Crippen molar-refractivity contribution >= 4 is 21.5 Å². The van der Waals surface area contributed by atoms with E-state index in [9.17, 15) is 13.2 Å². The fraction of sp³-hybridized carbons (Fsp3) is 0.333. The minimum absolute atomic E-state index is 0.0667. The standard InChI is InChI=1S/C12H13NO5S/c1-7-8(12(14)15)3-4-10(19(2,16)17)11(7)9-5-6-18-13-9/h3-4H,5-6H2,1-2H3,(H,14,15). The summed E-state index contributed by atoms with van der Waals surface area (Å²) in [6, 6.07) is 2.61. The van der Waals surface area contributed by atoms with E-state index in [0.29, 0.717) is 29.9 Å². The molecule has 0 aliphatic carbocycles. The van der Waals surface area contributed by atoms with Crippen molar-refractivity contribution in [1.82, 2.24) is 0 Å². The van der Waals surface area contributed by atoms with Gasteiger partial charge in [-0.1, -0.05) is 5.16 Å². The van der Waals surface area contributed by atoms with E-state index in [0.717, 1.165) is 6.26 Å². The molecule has 0 bridgehead atoms. The molecule has 0 spiro atoms. The predicted molar refractivity (Wildman–Crippen MR) is 68.4 cm³/mol. The van der Waals surface area contributed by atoms with Gasteiger partial charge in [-0.2, -0.15) is 0 Å². The smallest absolute Gasteiger partial charge is 0.335 e. The van der Waals surface area contributed by atoms with Gasteiger partial charge in [0.15, 0.2) is 9.84 Å². The highest BCUT2D eigenvalue weighted by Gasteiger charge is 2.25. The Morgan fingerprint density at radius 3 is 2.58 bits per heavy atom. The lowest BCUT2D eigenvalue weighted by atomic mass is 9.97. The molecule has 0 unspecified atom stereocenters. The van der Waals surface area contributed by atoms with E-state index in [1.54, 1.807) is 6.92 Å². The molecule has 6 nitrogen and oxygen atoms in total. The number of carboxylic acids is 1. The van der Waals surface area contributed by atoms with Crippen LogP contribution in [0.3, 0.4) is 0 Å². The molecule has 0 atom stereocenters. The summed E-state index contributed by atoms with van der Waals surface area (Å²) >= 11 is 0. The zero-order valence-electron chi connectivity index (χ0n) is 10.5. The fourth-order valence-corrected chi connectivity index (χ4v) is 3.03. The number of oxime groups is 1. The number of benzene rings is 1. The molecular formula is C12H13NO5S. The van der Waals surface area contributed by atoms with Crippen molar-refractivity contribution in [2.75, 3.05) is 12.9 Å². The van der Waals surface area contributed by atoms with Crippen LogP contribution < -0.4 is 0 Å². The number of carboxylic acid groups (broad SMARTS) is 1. The minimum atomic E-state index is -3.47. The molecule has 0 saturated heterocycles. The van der Waals surface area contributed by atoms with Gasteiger partial charge in [-0.05, 0) is 24.6 Å². The molecule has 102 valence electrons. The van der Waals surface area contributed by atoms with E-state index in [1.165, 1.54) is 12.1 Å². The Labute approximate surface area is 110 Å². The molecule has 19 heavy (non-hydrogen) atoms. The van der Waals surface area contributed by atoms with E-state index >= 15 is 0 Å². The van der Waals surface area contributed by atoms with Crippen LogP contribution in [0.15, 0.2) is 22.2 Å². The van der Waals surface area contributed by atoms with E-state index in [-0.39, 0.29) is 10.5 Å². The van der Waals surface area contributed by atoms with Crippen molar-refractivity contribution in [2.45, 2.75) is 18.2 Å². The molecule has 1 aliphatic heterocycles. The number of sulfone groups is 1. The molecule has 1 heterocycles. The van der Waals surface area contributed by atoms with Gasteiger partial charge in [0, 0.05) is 18.2 Å². The maximum atomic E-state index is 11.8. The van der Waals surface area contributed by atoms with Gasteiger partial charge in [0.05, 0.1) is 16.2 Å². The van der Waals surface area contributed by atoms with Crippen molar-refractivity contribution in [1.29, 1.82) is 0 Å². The Kier molecular flexibility index (Phi) is 3.32. The van der Waals surface area contributed by atoms with Gasteiger partial charge >= 0.3 is 5.97 Å². The first-order valence-electron chi connectivity index (χ1n) is 5.58. The summed E-state index contributed by atoms with van der Waals surface area (Å²) in [5, 5.41) is 12.9. The zero-order chi connectivity index (χ0) is 14.2. The SMILES string of the molecule is Cc1c(C(=O)O)ccc(S(C)(=O)=O)c1C1=NOCC1. The molecule has 0 saturated carbocycles. The summed E-state index contributed by atoms with van der Waals surface area (Å²) in [5.74, 6) is -1.10. The van der Waals surface area contributed by atoms with Crippen LogP contribution in [0, 0.1) is 6.92 Å². The van der Waals surface area contributed by atoms with Crippen LogP contribution in [0.2, 0.25) is 0 Å². The van der Waals surface area contributed by atoms with Gasteiger partial charge in [-0.15, -0.1) is 0 Å². The summed E-state index contributed by atoms with van der Waals surface area (Å²) in [4.78, 5) is 16.1. The highest BCUT2D eigenvalue weighted by atomic mass is 32.2. The Morgan fingerprint density at radius 2 is 2.11 bits per heavy atom. The quantitative estimate of drug-likeness (QED) is 0.900. The van der Waals surface area contributed by atoms with E-state index in [4.69, 9.17) is 9.94 Å². The largest absolute Gasteiger partial charge is 0.478 e. The number of nitrogens with zero attached hydrogens (tertiary/aromatic N) is 1. The third kappa shape index (κ3) is 2.46. The molecule has 0 amide bonds. The molecular weight excluding hydrogens is 270 g/mol. The first kappa shape index (κ1) is 13.5. The predicted octanol–water partition coefficient (Wildman–Crippen LogP) is 1.22. The topological polar surface area (TPSA) is 93.0 Å². The van der Waals surface area contributed by atoms with E-state index < -0.39 is 15.8 Å². The van der Waals surface area contributed by atoms with Crippen LogP contribution in [0.5, 0.6) is 0 Å². The maximum Gasteiger partial charge on any atom is 0.335 e. The first-order chi connectivity index (χ1) is 8.82. The average molecular weight is 283 g/mol. The van der Waals surface area contributed by atoms with Gasteiger partial charge < -0.3 is 9.94 Å². The second-order valence-electron chi connectivity index (χ2n) is 4.31. The van der Waals surface area contributed by atoms with E-state index in [1.807, 2.05) is 0 Å². The van der Waals surface area contributed by atoms with Crippen molar-refractivity contribution in [3.63, 3.8) is 0 Å². The lowest BCUT2D eigenvalue weighted by Gasteiger charge is -2.12. The summed E-state index contributed by atoms with van der Waals surface area (Å²) in [6.07, 6.45) is 1.55. The molecule has 0 radical (unpaired) electrons. The number of hydrogen-bond acceptors (Lipinski definition) is 5. The van der Waals surface area contributed by atoms with Crippen molar-refractivity contribution < 1.29 is 23.2 Å². The van der Waals surface area contributed by atoms with Gasteiger partial charge in [-0.25, -0.2) is 13.2 Å². The Bertz CT molecular complexity index is 676. The highest BCUT2D eigenvalue weighted by molar-refractivity contribution is 7.90. The maximum absolute atomic E-state index is 11.8. The third-order valence-corrected chi connectivity index (χ3v) is 4.09. The van der Waals surface area contributed by atoms with E-state index in [2.05, 4.69) is 5.16 Å². The van der Waals surface area contributed by atoms with Crippen LogP contribution in [0.4, 0.5) is 0 Å². The molecule has 1 aromatic carbocycles. The summed E-state index contributed by atoms with van der Waals surface area (Å²) in [5.41, 5.74) is 1.28. The van der Waals surface area contributed by atoms with Crippen LogP contribution in [-0.4, -0.2) is 38.1 Å². The Hall–Kier alpha value is -1.89. The summed E-state index contributed by atoms with van der Waals surface area (Å²) in [6.45, 7) is 1.95. The summed E-state index contributed by atoms with van der Waals surface area (Å²) in [7, 11) is -3.47. The van der Waals surface area contributed by atoms with Crippen LogP contribution >= 0.6 is 0 Å². The lowest BCUT2D eigenvalue weighted by Crippen LogP contribution is -2.13. The van der Waals surface area contributed by atoms with Crippen molar-refractivity contribution in [3.8, 4) is 0 Å². The van der Waals surface area contributed by atoms with Gasteiger partial charge in [-0.3, -0.25) is 0 Å². The molecule has 1 aromatic rings. The highest BCUT2D eigenvalue weighted by Crippen LogP contribution is 2.26. The summed E-state index contributed by atoms with van der Waals surface area (Å²) < 4.78 is 23.6. The normalized spacial score (nSPS) is 14.9. The van der Waals surface area contributed by atoms with Gasteiger partial charge in [0.2, 0.25) is 0 Å². The minimum Gasteiger partial charge on any atom is -0.478 e. The third-order valence-electron chi connectivity index (χ3n) is 2.95. The molecule has 2 rings (SSSR count). The van der Waals surface area contributed by atoms with Gasteiger partial charge in [0.1, 0.15) is 6.61 Å².